The molecule has 1 aromatic rings. The second-order valence-corrected chi connectivity index (χ2v) is 12.0. The Hall–Kier alpha value is -1.22. The number of anilines is 1. The molecule has 0 spiro atoms. The third kappa shape index (κ3) is 11.1. The summed E-state index contributed by atoms with van der Waals surface area (Å²) in [6.45, 7) is 0.210. The van der Waals surface area contributed by atoms with E-state index in [4.69, 9.17) is 29.9 Å². The maximum absolute atomic E-state index is 12.3. The number of phosphoric acid groups is 2. The molecule has 1 fully saturated rings. The van der Waals surface area contributed by atoms with E-state index in [0.717, 1.165) is 55.9 Å². The number of hydrogen-bond donors (Lipinski definition) is 7. The van der Waals surface area contributed by atoms with Crippen LogP contribution in [0.3, 0.4) is 0 Å². The molecule has 6 atom stereocenters. The number of hydrogen-bond acceptors (Lipinski definition) is 11. The molecular formula is C21H39N3O12P2. The van der Waals surface area contributed by atoms with Gasteiger partial charge in [0.2, 0.25) is 0 Å². The summed E-state index contributed by atoms with van der Waals surface area (Å²) < 4.78 is 38.8. The van der Waals surface area contributed by atoms with Crippen LogP contribution in [0, 0.1) is 0 Å². The Labute approximate surface area is 220 Å². The van der Waals surface area contributed by atoms with Crippen molar-refractivity contribution in [3.8, 4) is 0 Å². The van der Waals surface area contributed by atoms with Crippen LogP contribution in [0.15, 0.2) is 17.1 Å². The molecule has 1 aromatic heterocycles. The first-order chi connectivity index (χ1) is 17.8. The minimum atomic E-state index is -5.40. The highest BCUT2D eigenvalue weighted by Gasteiger charge is 2.50. The van der Waals surface area contributed by atoms with Gasteiger partial charge in [-0.1, -0.05) is 57.8 Å². The van der Waals surface area contributed by atoms with E-state index in [1.165, 1.54) is 12.3 Å². The third-order valence-corrected chi connectivity index (χ3v) is 8.36. The molecule has 2 heterocycles. The summed E-state index contributed by atoms with van der Waals surface area (Å²) in [5, 5.41) is 29.9. The van der Waals surface area contributed by atoms with Gasteiger partial charge in [-0.25, -0.2) is 13.9 Å². The quantitative estimate of drug-likeness (QED) is 0.0946. The zero-order chi connectivity index (χ0) is 28.3. The van der Waals surface area contributed by atoms with E-state index in [9.17, 15) is 29.0 Å². The average molecular weight is 588 g/mol. The van der Waals surface area contributed by atoms with Crippen LogP contribution in [-0.4, -0.2) is 70.6 Å². The minimum Gasteiger partial charge on any atom is -0.396 e. The average Bonchev–Trinajstić information content (AvgIpc) is 3.09. The fourth-order valence-corrected chi connectivity index (χ4v) is 6.11. The summed E-state index contributed by atoms with van der Waals surface area (Å²) in [6.07, 6.45) is 2.61. The van der Waals surface area contributed by atoms with Crippen molar-refractivity contribution in [3.63, 3.8) is 0 Å². The predicted octanol–water partition coefficient (Wildman–Crippen LogP) is 1.32. The normalized spacial score (nSPS) is 24.4. The molecule has 2 unspecified atom stereocenters. The number of nitrogen functional groups attached to an aromatic ring is 1. The van der Waals surface area contributed by atoms with E-state index in [2.05, 4.69) is 9.29 Å². The number of rotatable bonds is 18. The maximum atomic E-state index is 12.3. The fourth-order valence-electron chi connectivity index (χ4n) is 4.32. The van der Waals surface area contributed by atoms with Crippen molar-refractivity contribution in [2.45, 2.75) is 101 Å². The monoisotopic (exact) mass is 587 g/mol. The molecule has 1 aliphatic rings. The standard InChI is InChI=1S/C21H39N3O12P2/c22-16-12-13-24(21(28)23-16)20-18(27)17(26)19(34-20)15(35-38(32,33)36-37(29,30)31)11-9-7-5-3-1-2-4-6-8-10-14-25/h12-13,15,17-20,25-27H,1-11,14H2,(H,32,33)(H2,22,23,28)(H2,29,30,31)/t15?,17-,18+,19+,20+/m0/s1. The van der Waals surface area contributed by atoms with Crippen LogP contribution in [0.4, 0.5) is 5.82 Å². The number of nitrogens with zero attached hydrogens (tertiary/aromatic N) is 2. The second kappa shape index (κ2) is 15.5. The van der Waals surface area contributed by atoms with Crippen LogP contribution in [-0.2, 0) is 22.7 Å². The lowest BCUT2D eigenvalue weighted by molar-refractivity contribution is -0.0855. The Morgan fingerprint density at radius 3 is 2.05 bits per heavy atom. The number of aromatic nitrogens is 2. The summed E-state index contributed by atoms with van der Waals surface area (Å²) in [5.74, 6) is -0.0745. The molecule has 0 bridgehead atoms. The van der Waals surface area contributed by atoms with Crippen LogP contribution in [0.1, 0.15) is 76.9 Å². The first-order valence-corrected chi connectivity index (χ1v) is 15.6. The summed E-state index contributed by atoms with van der Waals surface area (Å²) in [6, 6.07) is 1.27. The van der Waals surface area contributed by atoms with Gasteiger partial charge in [-0.2, -0.15) is 9.29 Å². The zero-order valence-electron chi connectivity index (χ0n) is 21.0. The summed E-state index contributed by atoms with van der Waals surface area (Å²) in [4.78, 5) is 43.5. The molecule has 0 radical (unpaired) electrons. The van der Waals surface area contributed by atoms with Gasteiger partial charge in [0.05, 0.1) is 6.10 Å². The summed E-state index contributed by atoms with van der Waals surface area (Å²) in [7, 11) is -10.7. The highest BCUT2D eigenvalue weighted by Crippen LogP contribution is 2.59. The highest BCUT2D eigenvalue weighted by atomic mass is 31.3. The molecule has 0 aliphatic carbocycles. The van der Waals surface area contributed by atoms with Gasteiger partial charge in [-0.05, 0) is 18.9 Å². The fraction of sp³-hybridized carbons (Fsp3) is 0.810. The van der Waals surface area contributed by atoms with E-state index in [1.54, 1.807) is 0 Å². The lowest BCUT2D eigenvalue weighted by Gasteiger charge is -2.27. The molecule has 1 aliphatic heterocycles. The molecule has 8 N–H and O–H groups in total. The number of nitrogens with two attached hydrogens (primary N) is 1. The number of unbranched alkanes of at least 4 members (excludes halogenated alkanes) is 9. The highest BCUT2D eigenvalue weighted by molar-refractivity contribution is 7.60. The van der Waals surface area contributed by atoms with Crippen molar-refractivity contribution in [2.75, 3.05) is 12.3 Å². The number of aliphatic hydroxyl groups is 3. The van der Waals surface area contributed by atoms with Crippen LogP contribution < -0.4 is 11.4 Å². The Bertz CT molecular complexity index is 1010. The van der Waals surface area contributed by atoms with Gasteiger partial charge in [-0.15, -0.1) is 0 Å². The molecular weight excluding hydrogens is 548 g/mol. The number of aliphatic hydroxyl groups excluding tert-OH is 3. The van der Waals surface area contributed by atoms with E-state index in [-0.39, 0.29) is 18.8 Å². The molecule has 38 heavy (non-hydrogen) atoms. The third-order valence-electron chi connectivity index (χ3n) is 6.14. The van der Waals surface area contributed by atoms with Gasteiger partial charge >= 0.3 is 21.3 Å². The Morgan fingerprint density at radius 2 is 1.53 bits per heavy atom. The Kier molecular flexibility index (Phi) is 13.5. The first kappa shape index (κ1) is 33.0. The van der Waals surface area contributed by atoms with Crippen LogP contribution >= 0.6 is 15.6 Å². The van der Waals surface area contributed by atoms with Gasteiger partial charge < -0.3 is 40.5 Å². The molecule has 17 heteroatoms. The summed E-state index contributed by atoms with van der Waals surface area (Å²) >= 11 is 0. The van der Waals surface area contributed by atoms with Crippen molar-refractivity contribution >= 4 is 21.5 Å². The van der Waals surface area contributed by atoms with Crippen LogP contribution in [0.5, 0.6) is 0 Å². The largest absolute Gasteiger partial charge is 0.481 e. The van der Waals surface area contributed by atoms with Gasteiger partial charge in [0, 0.05) is 12.8 Å². The van der Waals surface area contributed by atoms with Crippen molar-refractivity contribution in [1.29, 1.82) is 0 Å². The molecule has 15 nitrogen and oxygen atoms in total. The van der Waals surface area contributed by atoms with Gasteiger partial charge in [0.25, 0.3) is 0 Å². The smallest absolute Gasteiger partial charge is 0.396 e. The molecule has 220 valence electrons. The molecule has 1 saturated heterocycles. The Balaban J connectivity index is 2.00. The zero-order valence-corrected chi connectivity index (χ0v) is 22.8. The Morgan fingerprint density at radius 1 is 0.974 bits per heavy atom. The first-order valence-electron chi connectivity index (χ1n) is 12.6. The van der Waals surface area contributed by atoms with Gasteiger partial charge in [-0.3, -0.25) is 9.09 Å². The van der Waals surface area contributed by atoms with Gasteiger partial charge in [0.15, 0.2) is 6.23 Å². The summed E-state index contributed by atoms with van der Waals surface area (Å²) in [5.41, 5.74) is 4.60. The minimum absolute atomic E-state index is 0.0201. The van der Waals surface area contributed by atoms with E-state index in [0.29, 0.717) is 12.8 Å². The van der Waals surface area contributed by atoms with Crippen molar-refractivity contribution < 1.29 is 52.7 Å². The lowest BCUT2D eigenvalue weighted by atomic mass is 9.99. The molecule has 0 saturated carbocycles. The molecule has 0 aromatic carbocycles. The van der Waals surface area contributed by atoms with Crippen LogP contribution in [0.25, 0.3) is 0 Å². The second-order valence-electron chi connectivity index (χ2n) is 9.25. The molecule has 2 rings (SSSR count). The van der Waals surface area contributed by atoms with Crippen molar-refractivity contribution in [2.24, 2.45) is 0 Å². The SMILES string of the molecule is Nc1ccn([C@@H]2O[C@H](C(CCCCCCCCCCCCO)OP(=O)(O)OP(=O)(O)O)[C@@H](O)[C@H]2O)c(=O)n1. The van der Waals surface area contributed by atoms with Gasteiger partial charge in [0.1, 0.15) is 24.1 Å². The number of ether oxygens (including phenoxy) is 1. The predicted molar refractivity (Wildman–Crippen MR) is 135 cm³/mol. The van der Waals surface area contributed by atoms with Crippen molar-refractivity contribution in [1.82, 2.24) is 9.55 Å². The van der Waals surface area contributed by atoms with Crippen LogP contribution in [0.2, 0.25) is 0 Å². The maximum Gasteiger partial charge on any atom is 0.481 e. The van der Waals surface area contributed by atoms with Crippen molar-refractivity contribution in [3.05, 3.63) is 22.7 Å². The van der Waals surface area contributed by atoms with E-state index in [1.807, 2.05) is 0 Å². The lowest BCUT2D eigenvalue weighted by Crippen LogP contribution is -2.40. The topological polar surface area (TPSA) is 244 Å². The number of phosphoric ester groups is 1. The van der Waals surface area contributed by atoms with E-state index >= 15 is 0 Å². The van der Waals surface area contributed by atoms with E-state index < -0.39 is 52.0 Å². The molecule has 0 amide bonds.